The van der Waals surface area contributed by atoms with Gasteiger partial charge < -0.3 is 27.0 Å². The van der Waals surface area contributed by atoms with Crippen molar-refractivity contribution in [2.24, 2.45) is 0 Å². The molecule has 0 aliphatic heterocycles. The fourth-order valence-electron chi connectivity index (χ4n) is 25.2. The number of hydrogen-bond donors (Lipinski definition) is 0. The molecule has 12 nitrogen and oxygen atoms in total. The zero-order chi connectivity index (χ0) is 87.8. The summed E-state index contributed by atoms with van der Waals surface area (Å²) < 4.78 is 28.8. The van der Waals surface area contributed by atoms with Crippen molar-refractivity contribution >= 4 is 65.4 Å². The molecule has 0 radical (unpaired) electrons. The first-order valence-corrected chi connectivity index (χ1v) is 46.0. The molecule has 135 heavy (non-hydrogen) atoms. The van der Waals surface area contributed by atoms with E-state index in [1.165, 1.54) is 132 Å². The van der Waals surface area contributed by atoms with Crippen molar-refractivity contribution in [3.63, 3.8) is 0 Å². The van der Waals surface area contributed by atoms with Crippen LogP contribution in [0.4, 0.5) is 0 Å². The van der Waals surface area contributed by atoms with Crippen LogP contribution in [0, 0.1) is 0 Å². The number of aromatic nitrogens is 9. The molecular formula is C123H69N9O3. The fraction of sp³-hybridized carbons (Fsp3) is 0.0244. The predicted molar refractivity (Wildman–Crippen MR) is 535 cm³/mol. The zero-order valence-corrected chi connectivity index (χ0v) is 72.1. The fourth-order valence-corrected chi connectivity index (χ4v) is 25.2. The van der Waals surface area contributed by atoms with E-state index in [4.69, 9.17) is 43.8 Å². The maximum atomic E-state index is 7.16. The van der Waals surface area contributed by atoms with Crippen molar-refractivity contribution in [1.29, 1.82) is 0 Å². The molecule has 25 aromatic rings. The van der Waals surface area contributed by atoms with Crippen LogP contribution < -0.4 is 0 Å². The van der Waals surface area contributed by atoms with Crippen LogP contribution in [0.25, 0.3) is 218 Å². The summed E-state index contributed by atoms with van der Waals surface area (Å²) in [5.74, 6) is 1.79. The van der Waals surface area contributed by atoms with E-state index in [-0.39, 0.29) is 17.7 Å². The number of fused-ring (bicyclic) bond motifs is 39. The molecule has 0 fully saturated rings. The zero-order valence-electron chi connectivity index (χ0n) is 72.1. The first-order valence-electron chi connectivity index (χ1n) is 46.0. The van der Waals surface area contributed by atoms with E-state index in [0.717, 1.165) is 100 Å². The van der Waals surface area contributed by atoms with Gasteiger partial charge in [-0.3, -0.25) is 0 Å². The molecule has 0 atom stereocenters. The molecule has 6 aromatic heterocycles. The molecule has 6 heterocycles. The Morgan fingerprint density at radius 2 is 0.326 bits per heavy atom. The van der Waals surface area contributed by atoms with Crippen LogP contribution >= 0.6 is 0 Å². The van der Waals surface area contributed by atoms with E-state index in [9.17, 15) is 0 Å². The molecule has 19 aromatic carbocycles. The minimum Gasteiger partial charge on any atom is -0.416 e. The molecule has 0 N–H and O–H groups in total. The first kappa shape index (κ1) is 72.9. The van der Waals surface area contributed by atoms with Crippen molar-refractivity contribution in [1.82, 2.24) is 44.3 Å². The SMILES string of the molecule is c1ccc2c(c1)-c1ccccc1C21c2cc(-c3nnc(-c4cc(-c5nnc(-c6ccc7c(c6)C6(c8ccccc8-c8ccccc86)c6cc(-n8c9ccccc9c9ccccc98)ccc6-7)o5)cc(-c5nnc(-c6ccc7c(c6)C6(c8ccccc8-c8ccccc86)c6cc(-n8c9ccccc9c9ccccc98)ccc6-7)o5)c4)o3)ccc2-c2ccc(-n3c4ccccc4c4ccccc43)cc21. The Bertz CT molecular complexity index is 8420. The maximum absolute atomic E-state index is 7.16. The Morgan fingerprint density at radius 3 is 0.556 bits per heavy atom. The lowest BCUT2D eigenvalue weighted by Crippen LogP contribution is -2.26. The van der Waals surface area contributed by atoms with Crippen LogP contribution in [0.3, 0.4) is 0 Å². The predicted octanol–water partition coefficient (Wildman–Crippen LogP) is 29.2. The topological polar surface area (TPSA) is 132 Å². The van der Waals surface area contributed by atoms with Gasteiger partial charge in [0.05, 0.1) is 49.3 Å². The van der Waals surface area contributed by atoms with E-state index in [1.807, 2.05) is 18.2 Å². The molecule has 624 valence electrons. The van der Waals surface area contributed by atoms with Gasteiger partial charge in [0.2, 0.25) is 35.3 Å². The maximum Gasteiger partial charge on any atom is 0.248 e. The summed E-state index contributed by atoms with van der Waals surface area (Å²) in [6.45, 7) is 0. The summed E-state index contributed by atoms with van der Waals surface area (Å²) in [5.41, 5.74) is 40.4. The van der Waals surface area contributed by atoms with Crippen molar-refractivity contribution in [2.75, 3.05) is 0 Å². The Hall–Kier alpha value is -18.0. The number of hydrogen-bond acceptors (Lipinski definition) is 9. The minimum absolute atomic E-state index is 0.252. The number of rotatable bonds is 9. The second-order valence-corrected chi connectivity index (χ2v) is 36.6. The second-order valence-electron chi connectivity index (χ2n) is 36.6. The number of para-hydroxylation sites is 6. The van der Waals surface area contributed by atoms with Gasteiger partial charge in [-0.25, -0.2) is 0 Å². The van der Waals surface area contributed by atoms with E-state index in [1.54, 1.807) is 0 Å². The molecule has 0 saturated heterocycles. The van der Waals surface area contributed by atoms with E-state index >= 15 is 0 Å². The minimum atomic E-state index is -0.724. The van der Waals surface area contributed by atoms with Gasteiger partial charge in [-0.05, 0) is 261 Å². The standard InChI is InChI=1S/C123H69N9O3/c1-13-37-97-79(25-1)80-26-2-14-38-98(80)121(97)103-64-70(49-55-85(103)88-58-52-76(67-106(88)121)130-109-43-19-7-31-91(109)92-32-8-20-44-110(92)130)115-124-127-118(133-115)73-61-74(119-128-125-116(134-119)71-50-56-86-89-59-53-77(131-111-45-21-9-33-93(111)94-34-10-22-46-112(94)131)68-107(89)122(104(86)65-71)99-39-15-3-27-81(99)82-28-4-16-40-100(82)122)63-75(62-73)120-129-126-117(135-120)72-51-57-87-90-60-54-78(132-113-47-23-11-35-95(113)96-36-12-24-48-114(96)132)69-108(90)123(105(87)66-72)101-41-17-5-29-83(101)84-30-6-18-42-102(84)123/h1-69H. The quantitative estimate of drug-likeness (QED) is 0.139. The summed E-state index contributed by atoms with van der Waals surface area (Å²) in [5, 5.41) is 37.3. The van der Waals surface area contributed by atoms with Crippen LogP contribution in [-0.2, 0) is 16.2 Å². The Balaban J connectivity index is 0.560. The lowest BCUT2D eigenvalue weighted by Gasteiger charge is -2.31. The van der Waals surface area contributed by atoms with Crippen LogP contribution in [0.15, 0.2) is 432 Å². The van der Waals surface area contributed by atoms with Crippen LogP contribution in [0.1, 0.15) is 66.8 Å². The van der Waals surface area contributed by atoms with Crippen molar-refractivity contribution < 1.29 is 13.3 Å². The Kier molecular flexibility index (Phi) is 14.4. The van der Waals surface area contributed by atoms with E-state index < -0.39 is 16.2 Å². The summed E-state index contributed by atoms with van der Waals surface area (Å²) in [7, 11) is 0. The molecule has 12 heteroatoms. The number of nitrogens with zero attached hydrogens (tertiary/aromatic N) is 9. The average molecular weight is 1720 g/mol. The average Bonchev–Trinajstić information content (AvgIpc) is 1.51. The number of benzene rings is 19. The smallest absolute Gasteiger partial charge is 0.248 e. The van der Waals surface area contributed by atoms with Gasteiger partial charge in [0.1, 0.15) is 0 Å². The van der Waals surface area contributed by atoms with Gasteiger partial charge in [-0.15, -0.1) is 30.6 Å². The van der Waals surface area contributed by atoms with Crippen LogP contribution in [0.5, 0.6) is 0 Å². The third kappa shape index (κ3) is 9.47. The van der Waals surface area contributed by atoms with E-state index in [0.29, 0.717) is 34.4 Å². The highest BCUT2D eigenvalue weighted by molar-refractivity contribution is 6.13. The van der Waals surface area contributed by atoms with Crippen molar-refractivity contribution in [3.05, 3.63) is 485 Å². The highest BCUT2D eigenvalue weighted by Crippen LogP contribution is 2.68. The molecule has 0 bridgehead atoms. The first-order chi connectivity index (χ1) is 66.9. The molecule has 6 aliphatic carbocycles. The molecule has 0 amide bonds. The highest BCUT2D eigenvalue weighted by atomic mass is 16.4. The molecule has 3 spiro atoms. The molecular weight excluding hydrogens is 1650 g/mol. The summed E-state index contributed by atoms with van der Waals surface area (Å²) in [6.07, 6.45) is 0. The van der Waals surface area contributed by atoms with Gasteiger partial charge in [0.25, 0.3) is 0 Å². The van der Waals surface area contributed by atoms with E-state index in [2.05, 4.69) is 414 Å². The third-order valence-corrected chi connectivity index (χ3v) is 30.4. The van der Waals surface area contributed by atoms with Gasteiger partial charge in [0, 0.05) is 82.8 Å². The van der Waals surface area contributed by atoms with Crippen LogP contribution in [0.2, 0.25) is 0 Å². The highest BCUT2D eigenvalue weighted by Gasteiger charge is 2.56. The summed E-state index contributed by atoms with van der Waals surface area (Å²) in [6, 6.07) is 153. The molecule has 0 unspecified atom stereocenters. The normalized spacial score (nSPS) is 14.0. The Labute approximate surface area is 771 Å². The second kappa shape index (κ2) is 26.6. The van der Waals surface area contributed by atoms with Crippen molar-refractivity contribution in [2.45, 2.75) is 16.2 Å². The van der Waals surface area contributed by atoms with Crippen molar-refractivity contribution in [3.8, 4) is 153 Å². The largest absolute Gasteiger partial charge is 0.416 e. The Morgan fingerprint density at radius 1 is 0.148 bits per heavy atom. The molecule has 6 aliphatic rings. The van der Waals surface area contributed by atoms with Gasteiger partial charge in [-0.2, -0.15) is 0 Å². The van der Waals surface area contributed by atoms with Gasteiger partial charge >= 0.3 is 0 Å². The monoisotopic (exact) mass is 1720 g/mol. The third-order valence-electron chi connectivity index (χ3n) is 30.4. The lowest BCUT2D eigenvalue weighted by atomic mass is 9.70. The van der Waals surface area contributed by atoms with Gasteiger partial charge in [0.15, 0.2) is 0 Å². The van der Waals surface area contributed by atoms with Crippen LogP contribution in [-0.4, -0.2) is 44.3 Å². The lowest BCUT2D eigenvalue weighted by molar-refractivity contribution is 0.580. The van der Waals surface area contributed by atoms with Gasteiger partial charge in [-0.1, -0.05) is 291 Å². The molecule has 31 rings (SSSR count). The summed E-state index contributed by atoms with van der Waals surface area (Å²) >= 11 is 0. The summed E-state index contributed by atoms with van der Waals surface area (Å²) in [4.78, 5) is 0. The molecule has 0 saturated carbocycles.